The van der Waals surface area contributed by atoms with Gasteiger partial charge in [-0.15, -0.1) is 0 Å². The minimum atomic E-state index is -0.647. The van der Waals surface area contributed by atoms with Crippen molar-refractivity contribution < 1.29 is 14.7 Å². The number of aliphatic carboxylic acids is 1. The van der Waals surface area contributed by atoms with Crippen molar-refractivity contribution in [3.8, 4) is 0 Å². The molecule has 6 aliphatic rings. The van der Waals surface area contributed by atoms with E-state index in [1.165, 1.54) is 12.1 Å². The van der Waals surface area contributed by atoms with Crippen molar-refractivity contribution in [2.24, 2.45) is 17.8 Å². The van der Waals surface area contributed by atoms with Crippen molar-refractivity contribution in [2.45, 2.75) is 38.1 Å². The van der Waals surface area contributed by atoms with Gasteiger partial charge in [0.15, 0.2) is 5.78 Å². The van der Waals surface area contributed by atoms with Crippen LogP contribution in [0, 0.1) is 17.8 Å². The quantitative estimate of drug-likeness (QED) is 0.842. The predicted molar refractivity (Wildman–Crippen MR) is 87.6 cm³/mol. The van der Waals surface area contributed by atoms with Crippen molar-refractivity contribution in [1.29, 1.82) is 0 Å². The maximum atomic E-state index is 11.9. The minimum absolute atomic E-state index is 0.0434. The predicted octanol–water partition coefficient (Wildman–Crippen LogP) is 2.13. The molecule has 5 heteroatoms. The third-order valence-electron chi connectivity index (χ3n) is 6.54. The Bertz CT molecular complexity index is 720. The largest absolute Gasteiger partial charge is 0.481 e. The number of rotatable bonds is 2. The van der Waals surface area contributed by atoms with Gasteiger partial charge in [0, 0.05) is 42.0 Å². The second-order valence-corrected chi connectivity index (χ2v) is 7.77. The van der Waals surface area contributed by atoms with Crippen LogP contribution < -0.4 is 0 Å². The standard InChI is InChI=1S/C19H22N2O3/c22-18-10-20-12-5-11(18)6-13(20)8-14(7-12)21-9-16(19(23)24)15-3-1-2-4-17(15)21/h5,7-8,11,15-17H,1-4,6,9-10H2,(H,23,24)/t11-,15+,16+,17+/m0/s1. The van der Waals surface area contributed by atoms with Crippen LogP contribution in [-0.4, -0.2) is 45.8 Å². The van der Waals surface area contributed by atoms with Gasteiger partial charge in [-0.2, -0.15) is 0 Å². The molecule has 0 aromatic carbocycles. The van der Waals surface area contributed by atoms with Crippen LogP contribution in [0.25, 0.3) is 0 Å². The number of piperidine rings is 1. The molecule has 1 N–H and O–H groups in total. The van der Waals surface area contributed by atoms with E-state index in [9.17, 15) is 14.7 Å². The van der Waals surface area contributed by atoms with Crippen molar-refractivity contribution >= 4 is 11.8 Å². The molecule has 6 rings (SSSR count). The van der Waals surface area contributed by atoms with E-state index < -0.39 is 5.97 Å². The first kappa shape index (κ1) is 14.3. The van der Waals surface area contributed by atoms with E-state index in [1.807, 2.05) is 0 Å². The summed E-state index contributed by atoms with van der Waals surface area (Å²) >= 11 is 0. The van der Waals surface area contributed by atoms with Gasteiger partial charge < -0.3 is 14.9 Å². The SMILES string of the molecule is O=C1CN2C3=C[C@H]1CC2=CC(N1C[C@@H](C(=O)O)[C@H]2CCCC[C@H]21)=C3. The van der Waals surface area contributed by atoms with Crippen molar-refractivity contribution in [1.82, 2.24) is 9.80 Å². The lowest BCUT2D eigenvalue weighted by Crippen LogP contribution is -2.45. The third-order valence-corrected chi connectivity index (χ3v) is 6.54. The molecule has 24 heavy (non-hydrogen) atoms. The summed E-state index contributed by atoms with van der Waals surface area (Å²) in [6.45, 7) is 1.12. The normalized spacial score (nSPS) is 37.0. The molecular formula is C19H22N2O3. The van der Waals surface area contributed by atoms with Gasteiger partial charge >= 0.3 is 5.97 Å². The van der Waals surface area contributed by atoms with E-state index in [0.29, 0.717) is 24.9 Å². The van der Waals surface area contributed by atoms with Crippen LogP contribution in [0.4, 0.5) is 0 Å². The number of likely N-dealkylation sites (tertiary alicyclic amines) is 1. The molecule has 0 aromatic rings. The maximum absolute atomic E-state index is 11.9. The Morgan fingerprint density at radius 2 is 2.00 bits per heavy atom. The van der Waals surface area contributed by atoms with Gasteiger partial charge in [0.25, 0.3) is 0 Å². The summed E-state index contributed by atoms with van der Waals surface area (Å²) in [5.74, 6) is -0.256. The fourth-order valence-corrected chi connectivity index (χ4v) is 5.36. The lowest BCUT2D eigenvalue weighted by Gasteiger charge is -2.44. The van der Waals surface area contributed by atoms with Gasteiger partial charge in [0.05, 0.1) is 12.5 Å². The first-order chi connectivity index (χ1) is 11.6. The van der Waals surface area contributed by atoms with Crippen LogP contribution in [-0.2, 0) is 9.59 Å². The van der Waals surface area contributed by atoms with E-state index >= 15 is 0 Å². The number of nitrogens with zero attached hydrogens (tertiary/aromatic N) is 2. The number of allylic oxidation sites excluding steroid dienone is 4. The van der Waals surface area contributed by atoms with E-state index in [2.05, 4.69) is 28.0 Å². The molecule has 0 unspecified atom stereocenters. The average Bonchev–Trinajstić information content (AvgIpc) is 2.94. The Morgan fingerprint density at radius 3 is 2.75 bits per heavy atom. The molecule has 5 heterocycles. The Morgan fingerprint density at radius 1 is 1.17 bits per heavy atom. The number of carboxylic acid groups (broad SMARTS) is 1. The van der Waals surface area contributed by atoms with Gasteiger partial charge in [-0.05, 0) is 37.0 Å². The summed E-state index contributed by atoms with van der Waals surface area (Å²) < 4.78 is 0. The zero-order chi connectivity index (χ0) is 16.4. The van der Waals surface area contributed by atoms with Crippen LogP contribution in [0.2, 0.25) is 0 Å². The zero-order valence-corrected chi connectivity index (χ0v) is 13.6. The lowest BCUT2D eigenvalue weighted by atomic mass is 9.79. The Hall–Kier alpha value is -2.04. The van der Waals surface area contributed by atoms with Gasteiger partial charge in [0.2, 0.25) is 0 Å². The molecule has 0 amide bonds. The van der Waals surface area contributed by atoms with Gasteiger partial charge in [0.1, 0.15) is 0 Å². The fourth-order valence-electron chi connectivity index (χ4n) is 5.36. The van der Waals surface area contributed by atoms with E-state index in [4.69, 9.17) is 0 Å². The number of fused-ring (bicyclic) bond motifs is 2. The molecule has 5 aliphatic heterocycles. The number of Topliss-reactive ketones (excluding diaryl/α,β-unsaturated/α-hetero) is 1. The van der Waals surface area contributed by atoms with E-state index in [0.717, 1.165) is 37.1 Å². The third kappa shape index (κ3) is 1.93. The fraction of sp³-hybridized carbons (Fsp3) is 0.579. The van der Waals surface area contributed by atoms with Gasteiger partial charge in [-0.1, -0.05) is 12.8 Å². The lowest BCUT2D eigenvalue weighted by molar-refractivity contribution is -0.142. The summed E-state index contributed by atoms with van der Waals surface area (Å²) in [6, 6.07) is 0.358. The molecule has 0 spiro atoms. The van der Waals surface area contributed by atoms with Gasteiger partial charge in [-0.25, -0.2) is 0 Å². The van der Waals surface area contributed by atoms with Crippen LogP contribution in [0.15, 0.2) is 35.3 Å². The highest BCUT2D eigenvalue weighted by molar-refractivity contribution is 5.88. The molecule has 1 aliphatic carbocycles. The molecule has 5 nitrogen and oxygen atoms in total. The highest BCUT2D eigenvalue weighted by Gasteiger charge is 2.47. The Kier molecular flexibility index (Phi) is 2.97. The summed E-state index contributed by atoms with van der Waals surface area (Å²) in [4.78, 5) is 28.1. The molecule has 4 bridgehead atoms. The summed E-state index contributed by atoms with van der Waals surface area (Å²) in [7, 11) is 0. The number of carboxylic acids is 1. The summed E-state index contributed by atoms with van der Waals surface area (Å²) in [5, 5.41) is 9.63. The maximum Gasteiger partial charge on any atom is 0.308 e. The second-order valence-electron chi connectivity index (χ2n) is 7.77. The summed E-state index contributed by atoms with van der Waals surface area (Å²) in [5.41, 5.74) is 3.51. The topological polar surface area (TPSA) is 60.9 Å². The molecule has 3 fully saturated rings. The minimum Gasteiger partial charge on any atom is -0.481 e. The first-order valence-electron chi connectivity index (χ1n) is 9.05. The van der Waals surface area contributed by atoms with Crippen LogP contribution in [0.3, 0.4) is 0 Å². The van der Waals surface area contributed by atoms with Gasteiger partial charge in [-0.3, -0.25) is 9.59 Å². The monoisotopic (exact) mass is 326 g/mol. The van der Waals surface area contributed by atoms with E-state index in [-0.39, 0.29) is 17.8 Å². The zero-order valence-electron chi connectivity index (χ0n) is 13.6. The molecule has 1 saturated carbocycles. The van der Waals surface area contributed by atoms with Crippen molar-refractivity contribution in [3.63, 3.8) is 0 Å². The number of hydrogen-bond acceptors (Lipinski definition) is 4. The molecule has 0 radical (unpaired) electrons. The highest BCUT2D eigenvalue weighted by atomic mass is 16.4. The Balaban J connectivity index is 1.49. The number of carbonyl (C=O) groups is 2. The second kappa shape index (κ2) is 4.98. The number of ketones is 1. The smallest absolute Gasteiger partial charge is 0.308 e. The molecule has 2 saturated heterocycles. The molecule has 0 aromatic heterocycles. The summed E-state index contributed by atoms with van der Waals surface area (Å²) in [6.07, 6.45) is 11.7. The van der Waals surface area contributed by atoms with E-state index in [1.54, 1.807) is 0 Å². The van der Waals surface area contributed by atoms with Crippen molar-refractivity contribution in [2.75, 3.05) is 13.1 Å². The first-order valence-corrected chi connectivity index (χ1v) is 9.05. The highest BCUT2D eigenvalue weighted by Crippen LogP contribution is 2.45. The van der Waals surface area contributed by atoms with Crippen molar-refractivity contribution in [3.05, 3.63) is 35.3 Å². The molecular weight excluding hydrogens is 304 g/mol. The number of hydrogen-bond donors (Lipinski definition) is 1. The van der Waals surface area contributed by atoms with Crippen LogP contribution in [0.5, 0.6) is 0 Å². The molecule has 126 valence electrons. The number of carbonyl (C=O) groups excluding carboxylic acids is 1. The van der Waals surface area contributed by atoms with Crippen LogP contribution in [0.1, 0.15) is 32.1 Å². The van der Waals surface area contributed by atoms with Crippen LogP contribution >= 0.6 is 0 Å². The Labute approximate surface area is 141 Å². The molecule has 4 atom stereocenters. The average molecular weight is 326 g/mol.